The van der Waals surface area contributed by atoms with Gasteiger partial charge in [-0.15, -0.1) is 0 Å². The third kappa shape index (κ3) is 3.21. The molecule has 4 nitrogen and oxygen atoms in total. The number of carbonyl (C=O) groups is 1. The Balaban J connectivity index is 1.50. The fourth-order valence-corrected chi connectivity index (χ4v) is 2.41. The SMILES string of the molecule is O=C(Cc1ccc(F)cc1F)NC1CN(c2ccccn2)C1. The number of benzene rings is 1. The largest absolute Gasteiger partial charge is 0.352 e. The maximum absolute atomic E-state index is 13.5. The average molecular weight is 303 g/mol. The number of nitrogens with one attached hydrogen (secondary N) is 1. The predicted molar refractivity (Wildman–Crippen MR) is 78.4 cm³/mol. The minimum absolute atomic E-state index is 0.0259. The minimum Gasteiger partial charge on any atom is -0.352 e. The zero-order valence-electron chi connectivity index (χ0n) is 11.8. The Morgan fingerprint density at radius 3 is 2.77 bits per heavy atom. The molecule has 0 radical (unpaired) electrons. The molecule has 6 heteroatoms. The minimum atomic E-state index is -0.695. The van der Waals surface area contributed by atoms with Crippen LogP contribution in [0.3, 0.4) is 0 Å². The molecule has 2 heterocycles. The number of amides is 1. The quantitative estimate of drug-likeness (QED) is 0.938. The molecular weight excluding hydrogens is 288 g/mol. The van der Waals surface area contributed by atoms with Gasteiger partial charge in [-0.3, -0.25) is 4.79 Å². The third-order valence-corrected chi connectivity index (χ3v) is 3.59. The van der Waals surface area contributed by atoms with E-state index < -0.39 is 11.6 Å². The highest BCUT2D eigenvalue weighted by molar-refractivity contribution is 5.79. The Morgan fingerprint density at radius 1 is 1.27 bits per heavy atom. The molecule has 1 aromatic heterocycles. The smallest absolute Gasteiger partial charge is 0.224 e. The summed E-state index contributed by atoms with van der Waals surface area (Å²) in [4.78, 5) is 18.2. The van der Waals surface area contributed by atoms with Crippen LogP contribution in [0.25, 0.3) is 0 Å². The van der Waals surface area contributed by atoms with Crippen LogP contribution in [0.15, 0.2) is 42.6 Å². The lowest BCUT2D eigenvalue weighted by Crippen LogP contribution is -2.60. The van der Waals surface area contributed by atoms with Gasteiger partial charge in [-0.25, -0.2) is 13.8 Å². The first kappa shape index (κ1) is 14.4. The van der Waals surface area contributed by atoms with E-state index in [0.29, 0.717) is 13.1 Å². The average Bonchev–Trinajstić information content (AvgIpc) is 2.46. The van der Waals surface area contributed by atoms with E-state index in [1.165, 1.54) is 6.07 Å². The van der Waals surface area contributed by atoms with Gasteiger partial charge >= 0.3 is 0 Å². The van der Waals surface area contributed by atoms with Crippen molar-refractivity contribution in [3.63, 3.8) is 0 Å². The molecule has 1 aliphatic rings. The molecule has 1 saturated heterocycles. The topological polar surface area (TPSA) is 45.2 Å². The van der Waals surface area contributed by atoms with Gasteiger partial charge in [-0.1, -0.05) is 12.1 Å². The second kappa shape index (κ2) is 6.09. The fraction of sp³-hybridized carbons (Fsp3) is 0.250. The highest BCUT2D eigenvalue weighted by Gasteiger charge is 2.28. The van der Waals surface area contributed by atoms with Gasteiger partial charge in [0.25, 0.3) is 0 Å². The second-order valence-electron chi connectivity index (χ2n) is 5.27. The number of nitrogens with zero attached hydrogens (tertiary/aromatic N) is 2. The van der Waals surface area contributed by atoms with E-state index in [0.717, 1.165) is 18.0 Å². The summed E-state index contributed by atoms with van der Waals surface area (Å²) in [7, 11) is 0. The number of halogens is 2. The number of hydrogen-bond donors (Lipinski definition) is 1. The number of rotatable bonds is 4. The molecule has 0 unspecified atom stereocenters. The van der Waals surface area contributed by atoms with E-state index >= 15 is 0 Å². The van der Waals surface area contributed by atoms with Gasteiger partial charge < -0.3 is 10.2 Å². The lowest BCUT2D eigenvalue weighted by atomic mass is 10.1. The van der Waals surface area contributed by atoms with Gasteiger partial charge in [-0.05, 0) is 23.8 Å². The lowest BCUT2D eigenvalue weighted by Gasteiger charge is -2.40. The molecule has 1 aromatic carbocycles. The molecule has 0 bridgehead atoms. The van der Waals surface area contributed by atoms with E-state index in [1.807, 2.05) is 23.1 Å². The maximum Gasteiger partial charge on any atom is 0.224 e. The summed E-state index contributed by atoms with van der Waals surface area (Å²) in [5.74, 6) is -0.737. The standard InChI is InChI=1S/C16H15F2N3O/c17-12-5-4-11(14(18)8-12)7-16(22)20-13-9-21(10-13)15-3-1-2-6-19-15/h1-6,8,13H,7,9-10H2,(H,20,22). The first-order valence-corrected chi connectivity index (χ1v) is 7.01. The van der Waals surface area contributed by atoms with E-state index in [4.69, 9.17) is 0 Å². The van der Waals surface area contributed by atoms with Crippen molar-refractivity contribution in [3.05, 3.63) is 59.8 Å². The van der Waals surface area contributed by atoms with Gasteiger partial charge in [-0.2, -0.15) is 0 Å². The van der Waals surface area contributed by atoms with E-state index in [2.05, 4.69) is 10.3 Å². The van der Waals surface area contributed by atoms with Crippen LogP contribution in [0.4, 0.5) is 14.6 Å². The molecule has 3 rings (SSSR count). The van der Waals surface area contributed by atoms with Crippen LogP contribution in [0.1, 0.15) is 5.56 Å². The fourth-order valence-electron chi connectivity index (χ4n) is 2.41. The van der Waals surface area contributed by atoms with Gasteiger partial charge in [0, 0.05) is 25.4 Å². The Labute approximate surface area is 126 Å². The zero-order chi connectivity index (χ0) is 15.5. The summed E-state index contributed by atoms with van der Waals surface area (Å²) in [5, 5.41) is 2.84. The predicted octanol–water partition coefficient (Wildman–Crippen LogP) is 1.91. The van der Waals surface area contributed by atoms with Crippen molar-refractivity contribution in [2.24, 2.45) is 0 Å². The van der Waals surface area contributed by atoms with Crippen LogP contribution in [0.2, 0.25) is 0 Å². The molecule has 2 aromatic rings. The molecule has 1 N–H and O–H groups in total. The molecule has 1 aliphatic heterocycles. The Bertz CT molecular complexity index is 672. The number of pyridine rings is 1. The van der Waals surface area contributed by atoms with Gasteiger partial charge in [0.1, 0.15) is 17.5 Å². The second-order valence-corrected chi connectivity index (χ2v) is 5.27. The summed E-state index contributed by atoms with van der Waals surface area (Å²) in [6.45, 7) is 1.35. The van der Waals surface area contributed by atoms with E-state index in [1.54, 1.807) is 6.20 Å². The summed E-state index contributed by atoms with van der Waals surface area (Å²) < 4.78 is 26.3. The van der Waals surface area contributed by atoms with Crippen LogP contribution in [0.5, 0.6) is 0 Å². The molecular formula is C16H15F2N3O. The van der Waals surface area contributed by atoms with Crippen LogP contribution in [0, 0.1) is 11.6 Å². The van der Waals surface area contributed by atoms with Gasteiger partial charge in [0.2, 0.25) is 5.91 Å². The van der Waals surface area contributed by atoms with Crippen molar-refractivity contribution < 1.29 is 13.6 Å². The van der Waals surface area contributed by atoms with Crippen molar-refractivity contribution in [2.75, 3.05) is 18.0 Å². The molecule has 0 spiro atoms. The van der Waals surface area contributed by atoms with Crippen molar-refractivity contribution in [2.45, 2.75) is 12.5 Å². The van der Waals surface area contributed by atoms with Gasteiger partial charge in [0.05, 0.1) is 12.5 Å². The van der Waals surface area contributed by atoms with Crippen molar-refractivity contribution in [1.29, 1.82) is 0 Å². The summed E-state index contributed by atoms with van der Waals surface area (Å²) >= 11 is 0. The monoisotopic (exact) mass is 303 g/mol. The first-order chi connectivity index (χ1) is 10.6. The van der Waals surface area contributed by atoms with Crippen LogP contribution in [-0.2, 0) is 11.2 Å². The number of aromatic nitrogens is 1. The molecule has 1 amide bonds. The van der Waals surface area contributed by atoms with Crippen LogP contribution >= 0.6 is 0 Å². The number of carbonyl (C=O) groups excluding carboxylic acids is 1. The maximum atomic E-state index is 13.5. The number of anilines is 1. The third-order valence-electron chi connectivity index (χ3n) is 3.59. The van der Waals surface area contributed by atoms with Crippen LogP contribution in [-0.4, -0.2) is 30.0 Å². The van der Waals surface area contributed by atoms with E-state index in [-0.39, 0.29) is 23.9 Å². The molecule has 0 saturated carbocycles. The Kier molecular flexibility index (Phi) is 4.00. The zero-order valence-corrected chi connectivity index (χ0v) is 11.8. The van der Waals surface area contributed by atoms with Gasteiger partial charge in [0.15, 0.2) is 0 Å². The Morgan fingerprint density at radius 2 is 2.09 bits per heavy atom. The van der Waals surface area contributed by atoms with E-state index in [9.17, 15) is 13.6 Å². The highest BCUT2D eigenvalue weighted by Crippen LogP contribution is 2.17. The molecule has 22 heavy (non-hydrogen) atoms. The molecule has 0 atom stereocenters. The molecule has 0 aliphatic carbocycles. The normalized spacial score (nSPS) is 14.5. The van der Waals surface area contributed by atoms with Crippen molar-refractivity contribution in [1.82, 2.24) is 10.3 Å². The molecule has 1 fully saturated rings. The Hall–Kier alpha value is -2.50. The van der Waals surface area contributed by atoms with Crippen molar-refractivity contribution in [3.8, 4) is 0 Å². The summed E-state index contributed by atoms with van der Waals surface area (Å²) in [6.07, 6.45) is 1.63. The first-order valence-electron chi connectivity index (χ1n) is 7.01. The van der Waals surface area contributed by atoms with Crippen LogP contribution < -0.4 is 10.2 Å². The number of hydrogen-bond acceptors (Lipinski definition) is 3. The lowest BCUT2D eigenvalue weighted by molar-refractivity contribution is -0.121. The van der Waals surface area contributed by atoms with Crippen molar-refractivity contribution >= 4 is 11.7 Å². The highest BCUT2D eigenvalue weighted by atomic mass is 19.1. The summed E-state index contributed by atoms with van der Waals surface area (Å²) in [5.41, 5.74) is 0.194. The molecule has 114 valence electrons. The summed E-state index contributed by atoms with van der Waals surface area (Å²) in [6, 6.07) is 8.92.